The zero-order valence-corrected chi connectivity index (χ0v) is 7.42. The molecule has 0 spiro atoms. The van der Waals surface area contributed by atoms with E-state index in [0.717, 1.165) is 12.8 Å². The first-order valence-electron chi connectivity index (χ1n) is 3.86. The molecule has 0 saturated heterocycles. The zero-order chi connectivity index (χ0) is 8.81. The van der Waals surface area contributed by atoms with E-state index in [4.69, 9.17) is 11.6 Å². The standard InChI is InChI=1S/C9H10ClNO/c10-9(12)3-1-2-8-4-6-11-7-5-8/h4-7H,1-3H2. The third-order valence-corrected chi connectivity index (χ3v) is 1.78. The van der Waals surface area contributed by atoms with Crippen molar-refractivity contribution in [1.29, 1.82) is 0 Å². The Morgan fingerprint density at radius 3 is 2.67 bits per heavy atom. The monoisotopic (exact) mass is 183 g/mol. The summed E-state index contributed by atoms with van der Waals surface area (Å²) in [4.78, 5) is 14.3. The highest BCUT2D eigenvalue weighted by Gasteiger charge is 1.96. The molecular weight excluding hydrogens is 174 g/mol. The van der Waals surface area contributed by atoms with Crippen molar-refractivity contribution in [2.75, 3.05) is 0 Å². The van der Waals surface area contributed by atoms with Gasteiger partial charge in [0, 0.05) is 18.8 Å². The predicted molar refractivity (Wildman–Crippen MR) is 48.0 cm³/mol. The first-order valence-corrected chi connectivity index (χ1v) is 4.24. The molecule has 0 aliphatic rings. The average Bonchev–Trinajstić information content (AvgIpc) is 2.05. The first kappa shape index (κ1) is 9.20. The minimum Gasteiger partial charge on any atom is -0.281 e. The van der Waals surface area contributed by atoms with Crippen molar-refractivity contribution in [3.8, 4) is 0 Å². The first-order chi connectivity index (χ1) is 5.79. The van der Waals surface area contributed by atoms with Crippen molar-refractivity contribution in [3.05, 3.63) is 30.1 Å². The maximum absolute atomic E-state index is 10.4. The maximum Gasteiger partial charge on any atom is 0.221 e. The molecule has 12 heavy (non-hydrogen) atoms. The van der Waals surface area contributed by atoms with Crippen LogP contribution in [-0.4, -0.2) is 10.2 Å². The van der Waals surface area contributed by atoms with Crippen LogP contribution in [0.15, 0.2) is 24.5 Å². The van der Waals surface area contributed by atoms with Gasteiger partial charge in [-0.1, -0.05) is 0 Å². The van der Waals surface area contributed by atoms with Gasteiger partial charge in [-0.3, -0.25) is 9.78 Å². The fourth-order valence-corrected chi connectivity index (χ4v) is 1.11. The van der Waals surface area contributed by atoms with Gasteiger partial charge in [0.25, 0.3) is 0 Å². The van der Waals surface area contributed by atoms with Crippen LogP contribution in [0.1, 0.15) is 18.4 Å². The largest absolute Gasteiger partial charge is 0.281 e. The number of hydrogen-bond acceptors (Lipinski definition) is 2. The molecule has 1 rings (SSSR count). The molecule has 0 N–H and O–H groups in total. The summed E-state index contributed by atoms with van der Waals surface area (Å²) in [6.07, 6.45) is 5.65. The fraction of sp³-hybridized carbons (Fsp3) is 0.333. The lowest BCUT2D eigenvalue weighted by molar-refractivity contribution is -0.111. The number of pyridine rings is 1. The normalized spacial score (nSPS) is 9.75. The van der Waals surface area contributed by atoms with Crippen LogP contribution in [0, 0.1) is 0 Å². The maximum atomic E-state index is 10.4. The molecule has 1 aromatic rings. The predicted octanol–water partition coefficient (Wildman–Crippen LogP) is 2.17. The third kappa shape index (κ3) is 3.49. The minimum absolute atomic E-state index is 0.260. The van der Waals surface area contributed by atoms with E-state index >= 15 is 0 Å². The van der Waals surface area contributed by atoms with E-state index in [1.165, 1.54) is 5.56 Å². The molecule has 0 atom stereocenters. The highest BCUT2D eigenvalue weighted by atomic mass is 35.5. The molecule has 1 aromatic heterocycles. The summed E-state index contributed by atoms with van der Waals surface area (Å²) >= 11 is 5.19. The van der Waals surface area contributed by atoms with Crippen molar-refractivity contribution in [3.63, 3.8) is 0 Å². The van der Waals surface area contributed by atoms with Crippen LogP contribution in [0.3, 0.4) is 0 Å². The van der Waals surface area contributed by atoms with Crippen molar-refractivity contribution in [2.24, 2.45) is 0 Å². The van der Waals surface area contributed by atoms with Gasteiger partial charge in [-0.25, -0.2) is 0 Å². The molecule has 0 aromatic carbocycles. The summed E-state index contributed by atoms with van der Waals surface area (Å²) in [6, 6.07) is 3.89. The average molecular weight is 184 g/mol. The van der Waals surface area contributed by atoms with Gasteiger partial charge < -0.3 is 0 Å². The van der Waals surface area contributed by atoms with Crippen LogP contribution >= 0.6 is 11.6 Å². The lowest BCUT2D eigenvalue weighted by atomic mass is 10.1. The number of rotatable bonds is 4. The molecule has 2 nitrogen and oxygen atoms in total. The number of nitrogens with zero attached hydrogens (tertiary/aromatic N) is 1. The van der Waals surface area contributed by atoms with E-state index in [-0.39, 0.29) is 5.24 Å². The van der Waals surface area contributed by atoms with E-state index in [9.17, 15) is 4.79 Å². The second kappa shape index (κ2) is 4.88. The van der Waals surface area contributed by atoms with Gasteiger partial charge >= 0.3 is 0 Å². The van der Waals surface area contributed by atoms with Crippen molar-refractivity contribution in [1.82, 2.24) is 4.98 Å². The highest BCUT2D eigenvalue weighted by Crippen LogP contribution is 2.04. The number of carbonyl (C=O) groups excluding carboxylic acids is 1. The molecule has 0 fully saturated rings. The van der Waals surface area contributed by atoms with Crippen molar-refractivity contribution >= 4 is 16.8 Å². The van der Waals surface area contributed by atoms with Crippen molar-refractivity contribution < 1.29 is 4.79 Å². The highest BCUT2D eigenvalue weighted by molar-refractivity contribution is 6.63. The van der Waals surface area contributed by atoms with Crippen LogP contribution in [-0.2, 0) is 11.2 Å². The summed E-state index contributed by atoms with van der Waals surface area (Å²) in [7, 11) is 0. The molecule has 1 heterocycles. The molecular formula is C9H10ClNO. The molecule has 0 aliphatic carbocycles. The Balaban J connectivity index is 2.29. The Hall–Kier alpha value is -0.890. The zero-order valence-electron chi connectivity index (χ0n) is 6.66. The summed E-state index contributed by atoms with van der Waals surface area (Å²) in [6.45, 7) is 0. The summed E-state index contributed by atoms with van der Waals surface area (Å²) < 4.78 is 0. The number of aryl methyl sites for hydroxylation is 1. The van der Waals surface area contributed by atoms with Gasteiger partial charge in [-0.05, 0) is 42.1 Å². The van der Waals surface area contributed by atoms with E-state index in [1.54, 1.807) is 12.4 Å². The van der Waals surface area contributed by atoms with Crippen LogP contribution < -0.4 is 0 Å². The van der Waals surface area contributed by atoms with Crippen LogP contribution in [0.25, 0.3) is 0 Å². The lowest BCUT2D eigenvalue weighted by Crippen LogP contribution is -1.90. The van der Waals surface area contributed by atoms with E-state index in [0.29, 0.717) is 6.42 Å². The Kier molecular flexibility index (Phi) is 3.74. The Morgan fingerprint density at radius 2 is 2.08 bits per heavy atom. The Bertz CT molecular complexity index is 248. The van der Waals surface area contributed by atoms with Gasteiger partial charge in [-0.15, -0.1) is 0 Å². The van der Waals surface area contributed by atoms with Crippen LogP contribution in [0.4, 0.5) is 0 Å². The number of carbonyl (C=O) groups is 1. The SMILES string of the molecule is O=C(Cl)CCCc1ccncc1. The molecule has 0 unspecified atom stereocenters. The van der Waals surface area contributed by atoms with Crippen molar-refractivity contribution in [2.45, 2.75) is 19.3 Å². The van der Waals surface area contributed by atoms with Gasteiger partial charge in [-0.2, -0.15) is 0 Å². The molecule has 3 heteroatoms. The minimum atomic E-state index is -0.260. The van der Waals surface area contributed by atoms with E-state index < -0.39 is 0 Å². The van der Waals surface area contributed by atoms with Crippen LogP contribution in [0.5, 0.6) is 0 Å². The van der Waals surface area contributed by atoms with Gasteiger partial charge in [0.2, 0.25) is 5.24 Å². The molecule has 0 aliphatic heterocycles. The molecule has 64 valence electrons. The van der Waals surface area contributed by atoms with E-state index in [2.05, 4.69) is 4.98 Å². The number of aromatic nitrogens is 1. The quantitative estimate of drug-likeness (QED) is 0.670. The Morgan fingerprint density at radius 1 is 1.42 bits per heavy atom. The topological polar surface area (TPSA) is 30.0 Å². The molecule has 0 saturated carbocycles. The lowest BCUT2D eigenvalue weighted by Gasteiger charge is -1.96. The van der Waals surface area contributed by atoms with Gasteiger partial charge in [0.15, 0.2) is 0 Å². The van der Waals surface area contributed by atoms with Gasteiger partial charge in [0.05, 0.1) is 0 Å². The Labute approximate surface area is 76.6 Å². The molecule has 0 amide bonds. The number of halogens is 1. The summed E-state index contributed by atoms with van der Waals surface area (Å²) in [5, 5.41) is -0.260. The summed E-state index contributed by atoms with van der Waals surface area (Å²) in [5.41, 5.74) is 1.20. The van der Waals surface area contributed by atoms with E-state index in [1.807, 2.05) is 12.1 Å². The third-order valence-electron chi connectivity index (χ3n) is 1.59. The molecule has 0 bridgehead atoms. The van der Waals surface area contributed by atoms with Crippen LogP contribution in [0.2, 0.25) is 0 Å². The smallest absolute Gasteiger partial charge is 0.221 e. The fourth-order valence-electron chi connectivity index (χ4n) is 0.981. The second-order valence-corrected chi connectivity index (χ2v) is 2.99. The van der Waals surface area contributed by atoms with Gasteiger partial charge in [0.1, 0.15) is 0 Å². The second-order valence-electron chi connectivity index (χ2n) is 2.56. The number of hydrogen-bond donors (Lipinski definition) is 0. The molecule has 0 radical (unpaired) electrons. The summed E-state index contributed by atoms with van der Waals surface area (Å²) in [5.74, 6) is 0.